The van der Waals surface area contributed by atoms with Gasteiger partial charge in [0.1, 0.15) is 10.8 Å². The summed E-state index contributed by atoms with van der Waals surface area (Å²) in [5.41, 5.74) is 2.06. The highest BCUT2D eigenvalue weighted by Gasteiger charge is 2.09. The van der Waals surface area contributed by atoms with Crippen molar-refractivity contribution in [3.8, 4) is 26.9 Å². The molecule has 0 aliphatic carbocycles. The van der Waals surface area contributed by atoms with Crippen molar-refractivity contribution in [1.82, 2.24) is 9.97 Å². The largest absolute Gasteiger partial charge is 0.497 e. The molecule has 0 amide bonds. The number of anilines is 1. The summed E-state index contributed by atoms with van der Waals surface area (Å²) in [5, 5.41) is 6.99. The second-order valence-electron chi connectivity index (χ2n) is 4.05. The smallest absolute Gasteiger partial charge is 0.182 e. The quantitative estimate of drug-likeness (QED) is 0.792. The molecule has 6 heteroatoms. The van der Waals surface area contributed by atoms with Crippen LogP contribution in [0.3, 0.4) is 0 Å². The summed E-state index contributed by atoms with van der Waals surface area (Å²) in [5.74, 6) is 0.851. The molecule has 0 unspecified atom stereocenters. The van der Waals surface area contributed by atoms with E-state index >= 15 is 0 Å². The summed E-state index contributed by atoms with van der Waals surface area (Å²) in [4.78, 5) is 10.0. The van der Waals surface area contributed by atoms with Crippen LogP contribution in [0.1, 0.15) is 0 Å². The minimum absolute atomic E-state index is 0.851. The van der Waals surface area contributed by atoms with Crippen LogP contribution in [0, 0.1) is 0 Å². The maximum Gasteiger partial charge on any atom is 0.182 e. The van der Waals surface area contributed by atoms with Gasteiger partial charge in [-0.1, -0.05) is 0 Å². The minimum Gasteiger partial charge on any atom is -0.497 e. The van der Waals surface area contributed by atoms with Crippen LogP contribution in [0.4, 0.5) is 5.13 Å². The van der Waals surface area contributed by atoms with E-state index in [0.29, 0.717) is 0 Å². The molecule has 3 aromatic rings. The number of nitrogens with zero attached hydrogens (tertiary/aromatic N) is 2. The molecule has 0 aliphatic heterocycles. The van der Waals surface area contributed by atoms with Crippen molar-refractivity contribution >= 4 is 27.8 Å². The van der Waals surface area contributed by atoms with Gasteiger partial charge in [-0.05, 0) is 24.3 Å². The molecule has 4 nitrogen and oxygen atoms in total. The van der Waals surface area contributed by atoms with Crippen molar-refractivity contribution in [3.63, 3.8) is 0 Å². The van der Waals surface area contributed by atoms with E-state index in [1.54, 1.807) is 29.8 Å². The van der Waals surface area contributed by atoms with Gasteiger partial charge in [0.2, 0.25) is 0 Å². The number of rotatable bonds is 4. The molecule has 0 radical (unpaired) electrons. The van der Waals surface area contributed by atoms with Gasteiger partial charge in [0.25, 0.3) is 0 Å². The number of hydrogen-bond donors (Lipinski definition) is 1. The number of ether oxygens (including phenoxy) is 1. The molecule has 1 N–H and O–H groups in total. The molecule has 0 aliphatic rings. The van der Waals surface area contributed by atoms with Crippen LogP contribution in [0.15, 0.2) is 35.8 Å². The van der Waals surface area contributed by atoms with Crippen LogP contribution < -0.4 is 10.1 Å². The fourth-order valence-electron chi connectivity index (χ4n) is 1.76. The Hall–Kier alpha value is -1.92. The van der Waals surface area contributed by atoms with E-state index in [0.717, 1.165) is 32.0 Å². The lowest BCUT2D eigenvalue weighted by molar-refractivity contribution is 0.415. The van der Waals surface area contributed by atoms with Gasteiger partial charge in [0, 0.05) is 24.2 Å². The molecule has 102 valence electrons. The standard InChI is InChI=1S/C14H13N3OS2/c1-15-14-17-11(8-19-14)12-7-16-13(20-12)9-3-5-10(18-2)6-4-9/h3-8H,1-2H3,(H,15,17). The normalized spacial score (nSPS) is 10.5. The van der Waals surface area contributed by atoms with Crippen LogP contribution in [0.2, 0.25) is 0 Å². The number of aromatic nitrogens is 2. The van der Waals surface area contributed by atoms with Crippen LogP contribution in [-0.2, 0) is 0 Å². The highest BCUT2D eigenvalue weighted by Crippen LogP contribution is 2.33. The van der Waals surface area contributed by atoms with E-state index in [-0.39, 0.29) is 0 Å². The Morgan fingerprint density at radius 2 is 2.00 bits per heavy atom. The van der Waals surface area contributed by atoms with E-state index in [1.165, 1.54) is 0 Å². The molecule has 2 aromatic heterocycles. The first kappa shape index (κ1) is 13.1. The predicted molar refractivity (Wildman–Crippen MR) is 84.8 cm³/mol. The van der Waals surface area contributed by atoms with E-state index < -0.39 is 0 Å². The van der Waals surface area contributed by atoms with Gasteiger partial charge in [0.15, 0.2) is 5.13 Å². The predicted octanol–water partition coefficient (Wildman–Crippen LogP) is 3.98. The fourth-order valence-corrected chi connectivity index (χ4v) is 3.39. The van der Waals surface area contributed by atoms with Gasteiger partial charge in [-0.2, -0.15) is 0 Å². The number of hydrogen-bond acceptors (Lipinski definition) is 6. The van der Waals surface area contributed by atoms with Crippen molar-refractivity contribution in [3.05, 3.63) is 35.8 Å². The first-order valence-electron chi connectivity index (χ1n) is 6.04. The Labute approximate surface area is 125 Å². The second kappa shape index (κ2) is 5.60. The maximum atomic E-state index is 5.16. The van der Waals surface area contributed by atoms with Gasteiger partial charge in [-0.3, -0.25) is 0 Å². The summed E-state index contributed by atoms with van der Waals surface area (Å²) >= 11 is 3.24. The highest BCUT2D eigenvalue weighted by molar-refractivity contribution is 7.19. The number of thiazole rings is 2. The van der Waals surface area contributed by atoms with Crippen molar-refractivity contribution in [2.45, 2.75) is 0 Å². The topological polar surface area (TPSA) is 47.0 Å². The molecule has 0 bridgehead atoms. The zero-order chi connectivity index (χ0) is 13.9. The van der Waals surface area contributed by atoms with Crippen molar-refractivity contribution < 1.29 is 4.74 Å². The average Bonchev–Trinajstić information content (AvgIpc) is 3.16. The molecule has 20 heavy (non-hydrogen) atoms. The Morgan fingerprint density at radius 1 is 1.20 bits per heavy atom. The van der Waals surface area contributed by atoms with Gasteiger partial charge < -0.3 is 10.1 Å². The third kappa shape index (κ3) is 2.52. The van der Waals surface area contributed by atoms with Crippen LogP contribution >= 0.6 is 22.7 Å². The van der Waals surface area contributed by atoms with E-state index in [2.05, 4.69) is 15.3 Å². The zero-order valence-electron chi connectivity index (χ0n) is 11.1. The summed E-state index contributed by atoms with van der Waals surface area (Å²) in [6.45, 7) is 0. The molecule has 2 heterocycles. The van der Waals surface area contributed by atoms with Crippen LogP contribution in [-0.4, -0.2) is 24.1 Å². The number of benzene rings is 1. The Bertz CT molecular complexity index is 703. The molecule has 0 saturated heterocycles. The summed E-state index contributed by atoms with van der Waals surface area (Å²) < 4.78 is 5.16. The number of methoxy groups -OCH3 is 1. The summed E-state index contributed by atoms with van der Waals surface area (Å²) in [6, 6.07) is 7.92. The zero-order valence-corrected chi connectivity index (χ0v) is 12.7. The number of nitrogens with one attached hydrogen (secondary N) is 1. The Balaban J connectivity index is 1.88. The lowest BCUT2D eigenvalue weighted by atomic mass is 10.2. The fraction of sp³-hybridized carbons (Fsp3) is 0.143. The van der Waals surface area contributed by atoms with Gasteiger partial charge >= 0.3 is 0 Å². The Morgan fingerprint density at radius 3 is 2.65 bits per heavy atom. The van der Waals surface area contributed by atoms with E-state index in [9.17, 15) is 0 Å². The molecule has 0 fully saturated rings. The molecule has 1 aromatic carbocycles. The summed E-state index contributed by atoms with van der Waals surface area (Å²) in [6.07, 6.45) is 1.87. The monoisotopic (exact) mass is 303 g/mol. The molecular formula is C14H13N3OS2. The molecular weight excluding hydrogens is 290 g/mol. The Kier molecular flexibility index (Phi) is 3.66. The maximum absolute atomic E-state index is 5.16. The minimum atomic E-state index is 0.851. The highest BCUT2D eigenvalue weighted by atomic mass is 32.1. The first-order valence-corrected chi connectivity index (χ1v) is 7.73. The van der Waals surface area contributed by atoms with Crippen molar-refractivity contribution in [2.24, 2.45) is 0 Å². The average molecular weight is 303 g/mol. The third-order valence-corrected chi connectivity index (χ3v) is 4.74. The van der Waals surface area contributed by atoms with E-state index in [4.69, 9.17) is 4.74 Å². The molecule has 0 spiro atoms. The van der Waals surface area contributed by atoms with Crippen LogP contribution in [0.5, 0.6) is 5.75 Å². The SMILES string of the molecule is CNc1nc(-c2cnc(-c3ccc(OC)cc3)s2)cs1. The molecule has 3 rings (SSSR count). The van der Waals surface area contributed by atoms with Gasteiger partial charge in [-0.15, -0.1) is 22.7 Å². The van der Waals surface area contributed by atoms with Crippen molar-refractivity contribution in [2.75, 3.05) is 19.5 Å². The lowest BCUT2D eigenvalue weighted by Crippen LogP contribution is -1.84. The molecule has 0 saturated carbocycles. The van der Waals surface area contributed by atoms with Crippen molar-refractivity contribution in [1.29, 1.82) is 0 Å². The molecule has 0 atom stereocenters. The first-order chi connectivity index (χ1) is 9.80. The third-order valence-electron chi connectivity index (χ3n) is 2.81. The van der Waals surface area contributed by atoms with Gasteiger partial charge in [-0.25, -0.2) is 9.97 Å². The second-order valence-corrected chi connectivity index (χ2v) is 5.93. The lowest BCUT2D eigenvalue weighted by Gasteiger charge is -1.99. The van der Waals surface area contributed by atoms with E-state index in [1.807, 2.05) is 42.9 Å². The van der Waals surface area contributed by atoms with Gasteiger partial charge in [0.05, 0.1) is 17.7 Å². The van der Waals surface area contributed by atoms with Crippen LogP contribution in [0.25, 0.3) is 21.1 Å². The summed E-state index contributed by atoms with van der Waals surface area (Å²) in [7, 11) is 3.54.